The lowest BCUT2D eigenvalue weighted by Gasteiger charge is -2.24. The van der Waals surface area contributed by atoms with Gasteiger partial charge in [-0.25, -0.2) is 8.42 Å². The van der Waals surface area contributed by atoms with Gasteiger partial charge in [-0.15, -0.1) is 0 Å². The Morgan fingerprint density at radius 2 is 1.64 bits per heavy atom. The van der Waals surface area contributed by atoms with Gasteiger partial charge in [0.1, 0.15) is 18.9 Å². The van der Waals surface area contributed by atoms with Gasteiger partial charge in [0.05, 0.1) is 17.1 Å². The SMILES string of the molecule is Cc1cccc(OCCNC(=O)CN(c2cc(Cl)cc(Cl)c2)S(=O)(=O)c2ccccc2)c1C. The molecular weight excluding hydrogens is 483 g/mol. The van der Waals surface area contributed by atoms with E-state index in [0.717, 1.165) is 21.2 Å². The van der Waals surface area contributed by atoms with Crippen LogP contribution in [0.15, 0.2) is 71.6 Å². The van der Waals surface area contributed by atoms with Crippen LogP contribution in [0, 0.1) is 13.8 Å². The number of aryl methyl sites for hydroxylation is 1. The molecule has 0 unspecified atom stereocenters. The minimum Gasteiger partial charge on any atom is -0.491 e. The summed E-state index contributed by atoms with van der Waals surface area (Å²) in [7, 11) is -4.04. The standard InChI is InChI=1S/C24H24Cl2N2O4S/c1-17-7-6-10-23(18(17)2)32-12-11-27-24(29)16-28(21-14-19(25)13-20(26)15-21)33(30,31)22-8-4-3-5-9-22/h3-10,13-15H,11-12,16H2,1-2H3,(H,27,29). The van der Waals surface area contributed by atoms with Crippen LogP contribution in [0.1, 0.15) is 11.1 Å². The second kappa shape index (κ2) is 10.9. The largest absolute Gasteiger partial charge is 0.491 e. The van der Waals surface area contributed by atoms with Crippen molar-refractivity contribution in [3.63, 3.8) is 0 Å². The maximum absolute atomic E-state index is 13.3. The van der Waals surface area contributed by atoms with Crippen LogP contribution in [0.2, 0.25) is 10.0 Å². The first-order chi connectivity index (χ1) is 15.7. The van der Waals surface area contributed by atoms with E-state index in [0.29, 0.717) is 0 Å². The summed E-state index contributed by atoms with van der Waals surface area (Å²) in [5.41, 5.74) is 2.33. The van der Waals surface area contributed by atoms with Crippen molar-refractivity contribution < 1.29 is 17.9 Å². The molecule has 0 aliphatic carbocycles. The van der Waals surface area contributed by atoms with E-state index in [4.69, 9.17) is 27.9 Å². The van der Waals surface area contributed by atoms with E-state index in [9.17, 15) is 13.2 Å². The number of nitrogens with zero attached hydrogens (tertiary/aromatic N) is 1. The number of benzene rings is 3. The molecule has 0 heterocycles. The van der Waals surface area contributed by atoms with E-state index in [-0.39, 0.29) is 33.8 Å². The number of carbonyl (C=O) groups is 1. The van der Waals surface area contributed by atoms with E-state index in [2.05, 4.69) is 5.32 Å². The summed E-state index contributed by atoms with van der Waals surface area (Å²) in [5, 5.41) is 3.22. The van der Waals surface area contributed by atoms with Crippen molar-refractivity contribution in [1.29, 1.82) is 0 Å². The first-order valence-electron chi connectivity index (χ1n) is 10.2. The van der Waals surface area contributed by atoms with Crippen LogP contribution in [0.25, 0.3) is 0 Å². The molecule has 6 nitrogen and oxygen atoms in total. The number of halogens is 2. The number of amides is 1. The molecule has 0 aliphatic heterocycles. The molecule has 3 aromatic carbocycles. The summed E-state index contributed by atoms with van der Waals surface area (Å²) in [6, 6.07) is 18.0. The predicted molar refractivity (Wildman–Crippen MR) is 132 cm³/mol. The second-order valence-corrected chi connectivity index (χ2v) is 10.1. The molecule has 0 aliphatic rings. The zero-order valence-electron chi connectivity index (χ0n) is 18.2. The zero-order chi connectivity index (χ0) is 24.0. The van der Waals surface area contributed by atoms with Gasteiger partial charge in [0.25, 0.3) is 10.0 Å². The summed E-state index contributed by atoms with van der Waals surface area (Å²) in [5.74, 6) is 0.251. The molecule has 0 bridgehead atoms. The van der Waals surface area contributed by atoms with Crippen molar-refractivity contribution in [2.75, 3.05) is 24.0 Å². The predicted octanol–water partition coefficient (Wildman–Crippen LogP) is 5.00. The number of ether oxygens (including phenoxy) is 1. The molecule has 9 heteroatoms. The summed E-state index contributed by atoms with van der Waals surface area (Å²) in [6.45, 7) is 3.96. The first kappa shape index (κ1) is 24.9. The van der Waals surface area contributed by atoms with Crippen molar-refractivity contribution in [2.45, 2.75) is 18.7 Å². The quantitative estimate of drug-likeness (QED) is 0.414. The molecule has 1 N–H and O–H groups in total. The topological polar surface area (TPSA) is 75.7 Å². The highest BCUT2D eigenvalue weighted by atomic mass is 35.5. The Balaban J connectivity index is 1.73. The van der Waals surface area contributed by atoms with Crippen LogP contribution in [0.4, 0.5) is 5.69 Å². The fourth-order valence-corrected chi connectivity index (χ4v) is 5.08. The number of rotatable bonds is 9. The molecule has 0 atom stereocenters. The van der Waals surface area contributed by atoms with E-state index >= 15 is 0 Å². The molecule has 0 aromatic heterocycles. The number of nitrogens with one attached hydrogen (secondary N) is 1. The fourth-order valence-electron chi connectivity index (χ4n) is 3.14. The van der Waals surface area contributed by atoms with Gasteiger partial charge in [0, 0.05) is 10.0 Å². The van der Waals surface area contributed by atoms with E-state index < -0.39 is 22.5 Å². The van der Waals surface area contributed by atoms with Gasteiger partial charge in [-0.1, -0.05) is 53.5 Å². The Hall–Kier alpha value is -2.74. The third-order valence-corrected chi connectivity index (χ3v) is 7.21. The summed E-state index contributed by atoms with van der Waals surface area (Å²) < 4.78 is 33.4. The highest BCUT2D eigenvalue weighted by Gasteiger charge is 2.27. The van der Waals surface area contributed by atoms with Gasteiger partial charge in [-0.05, 0) is 61.4 Å². The molecule has 3 aromatic rings. The molecule has 0 spiro atoms. The van der Waals surface area contributed by atoms with E-state index in [1.165, 1.54) is 30.3 Å². The minimum absolute atomic E-state index is 0.0483. The molecule has 3 rings (SSSR count). The molecule has 174 valence electrons. The van der Waals surface area contributed by atoms with Crippen LogP contribution in [0.3, 0.4) is 0 Å². The molecule has 0 fully saturated rings. The van der Waals surface area contributed by atoms with Gasteiger partial charge < -0.3 is 10.1 Å². The number of sulfonamides is 1. The lowest BCUT2D eigenvalue weighted by atomic mass is 10.1. The highest BCUT2D eigenvalue weighted by Crippen LogP contribution is 2.29. The molecule has 0 saturated carbocycles. The van der Waals surface area contributed by atoms with Gasteiger partial charge in [0.15, 0.2) is 0 Å². The van der Waals surface area contributed by atoms with Crippen LogP contribution < -0.4 is 14.4 Å². The normalized spacial score (nSPS) is 11.2. The average Bonchev–Trinajstić information content (AvgIpc) is 2.77. The molecule has 33 heavy (non-hydrogen) atoms. The van der Waals surface area contributed by atoms with Gasteiger partial charge >= 0.3 is 0 Å². The molecule has 0 saturated heterocycles. The Labute approximate surface area is 204 Å². The molecule has 1 amide bonds. The third-order valence-electron chi connectivity index (χ3n) is 4.99. The lowest BCUT2D eigenvalue weighted by molar-refractivity contribution is -0.119. The summed E-state index contributed by atoms with van der Waals surface area (Å²) >= 11 is 12.2. The van der Waals surface area contributed by atoms with Crippen LogP contribution in [0.5, 0.6) is 5.75 Å². The highest BCUT2D eigenvalue weighted by molar-refractivity contribution is 7.92. The summed E-state index contributed by atoms with van der Waals surface area (Å²) in [4.78, 5) is 12.7. The van der Waals surface area contributed by atoms with Crippen LogP contribution >= 0.6 is 23.2 Å². The number of hydrogen-bond donors (Lipinski definition) is 1. The zero-order valence-corrected chi connectivity index (χ0v) is 20.5. The maximum Gasteiger partial charge on any atom is 0.264 e. The smallest absolute Gasteiger partial charge is 0.264 e. The van der Waals surface area contributed by atoms with Gasteiger partial charge in [0.2, 0.25) is 5.91 Å². The Morgan fingerprint density at radius 3 is 2.30 bits per heavy atom. The average molecular weight is 507 g/mol. The maximum atomic E-state index is 13.3. The third kappa shape index (κ3) is 6.41. The van der Waals surface area contributed by atoms with Crippen molar-refractivity contribution in [3.05, 3.63) is 87.9 Å². The first-order valence-corrected chi connectivity index (χ1v) is 12.4. The van der Waals surface area contributed by atoms with Crippen molar-refractivity contribution in [1.82, 2.24) is 5.32 Å². The van der Waals surface area contributed by atoms with Crippen LogP contribution in [-0.4, -0.2) is 34.0 Å². The van der Waals surface area contributed by atoms with Gasteiger partial charge in [-0.2, -0.15) is 0 Å². The van der Waals surface area contributed by atoms with E-state index in [1.807, 2.05) is 32.0 Å². The number of carbonyl (C=O) groups excluding carboxylic acids is 1. The van der Waals surface area contributed by atoms with Crippen LogP contribution in [-0.2, 0) is 14.8 Å². The Bertz CT molecular complexity index is 1210. The Morgan fingerprint density at radius 1 is 0.970 bits per heavy atom. The van der Waals surface area contributed by atoms with Crippen molar-refractivity contribution >= 4 is 44.8 Å². The van der Waals surface area contributed by atoms with Crippen molar-refractivity contribution in [3.8, 4) is 5.75 Å². The van der Waals surface area contributed by atoms with Crippen molar-refractivity contribution in [2.24, 2.45) is 0 Å². The second-order valence-electron chi connectivity index (χ2n) is 7.35. The summed E-state index contributed by atoms with van der Waals surface area (Å²) in [6.07, 6.45) is 0. The Kier molecular flexibility index (Phi) is 8.24. The minimum atomic E-state index is -4.04. The lowest BCUT2D eigenvalue weighted by Crippen LogP contribution is -2.42. The fraction of sp³-hybridized carbons (Fsp3) is 0.208. The monoisotopic (exact) mass is 506 g/mol. The van der Waals surface area contributed by atoms with E-state index in [1.54, 1.807) is 18.2 Å². The molecule has 0 radical (unpaired) electrons. The number of anilines is 1. The van der Waals surface area contributed by atoms with Gasteiger partial charge in [-0.3, -0.25) is 9.10 Å². The number of hydrogen-bond acceptors (Lipinski definition) is 4. The molecular formula is C24H24Cl2N2O4S.